The topological polar surface area (TPSA) is 38.0 Å². The molecule has 1 aliphatic heterocycles. The highest BCUT2D eigenvalue weighted by molar-refractivity contribution is 6.30. The second-order valence-corrected chi connectivity index (χ2v) is 4.72. The highest BCUT2D eigenvalue weighted by Gasteiger charge is 2.23. The Labute approximate surface area is 112 Å². The average molecular weight is 279 g/mol. The summed E-state index contributed by atoms with van der Waals surface area (Å²) in [4.78, 5) is 0. The minimum atomic E-state index is -0.293. The van der Waals surface area contributed by atoms with Crippen molar-refractivity contribution < 1.29 is 4.39 Å². The van der Waals surface area contributed by atoms with Crippen molar-refractivity contribution in [3.63, 3.8) is 0 Å². The molecule has 3 N–H and O–H groups in total. The van der Waals surface area contributed by atoms with Gasteiger partial charge in [-0.2, -0.15) is 0 Å². The van der Waals surface area contributed by atoms with Crippen LogP contribution >= 0.6 is 24.0 Å². The van der Waals surface area contributed by atoms with Crippen LogP contribution in [0, 0.1) is 11.7 Å². The van der Waals surface area contributed by atoms with Gasteiger partial charge in [0.05, 0.1) is 0 Å². The summed E-state index contributed by atoms with van der Waals surface area (Å²) in [6.07, 6.45) is 2.01. The lowest BCUT2D eigenvalue weighted by molar-refractivity contribution is 0.317. The van der Waals surface area contributed by atoms with Gasteiger partial charge in [0.15, 0.2) is 0 Å². The van der Waals surface area contributed by atoms with Gasteiger partial charge in [0, 0.05) is 16.6 Å². The van der Waals surface area contributed by atoms with Crippen molar-refractivity contribution in [3.8, 4) is 0 Å². The van der Waals surface area contributed by atoms with Crippen molar-refractivity contribution in [1.29, 1.82) is 0 Å². The molecule has 0 unspecified atom stereocenters. The molecule has 1 atom stereocenters. The van der Waals surface area contributed by atoms with Gasteiger partial charge in [0.2, 0.25) is 0 Å². The van der Waals surface area contributed by atoms with Gasteiger partial charge in [-0.3, -0.25) is 0 Å². The first-order chi connectivity index (χ1) is 7.68. The molecule has 5 heteroatoms. The largest absolute Gasteiger partial charge is 0.324 e. The molecular weight excluding hydrogens is 262 g/mol. The lowest BCUT2D eigenvalue weighted by Crippen LogP contribution is -2.34. The summed E-state index contributed by atoms with van der Waals surface area (Å²) in [7, 11) is 0. The Morgan fingerprint density at radius 2 is 2.00 bits per heavy atom. The zero-order valence-corrected chi connectivity index (χ0v) is 11.0. The lowest BCUT2D eigenvalue weighted by atomic mass is 9.86. The van der Waals surface area contributed by atoms with Crippen LogP contribution in [0.25, 0.3) is 0 Å². The third-order valence-corrected chi connectivity index (χ3v) is 3.45. The van der Waals surface area contributed by atoms with Gasteiger partial charge in [-0.1, -0.05) is 17.7 Å². The van der Waals surface area contributed by atoms with E-state index in [0.29, 0.717) is 16.5 Å². The maximum atomic E-state index is 13.7. The van der Waals surface area contributed by atoms with Crippen molar-refractivity contribution in [2.24, 2.45) is 11.7 Å². The van der Waals surface area contributed by atoms with Gasteiger partial charge in [0.25, 0.3) is 0 Å². The van der Waals surface area contributed by atoms with Crippen LogP contribution in [-0.4, -0.2) is 13.1 Å². The van der Waals surface area contributed by atoms with E-state index < -0.39 is 0 Å². The molecule has 1 saturated heterocycles. The Hall–Kier alpha value is -0.350. The SMILES string of the molecule is Cl.N[C@@H](c1ccc(Cl)cc1F)C1CCNCC1. The average Bonchev–Trinajstić information content (AvgIpc) is 2.29. The summed E-state index contributed by atoms with van der Waals surface area (Å²) in [5, 5.41) is 3.69. The third-order valence-electron chi connectivity index (χ3n) is 3.21. The van der Waals surface area contributed by atoms with Gasteiger partial charge in [-0.05, 0) is 44.0 Å². The smallest absolute Gasteiger partial charge is 0.129 e. The third kappa shape index (κ3) is 3.55. The van der Waals surface area contributed by atoms with Crippen LogP contribution in [0.1, 0.15) is 24.4 Å². The lowest BCUT2D eigenvalue weighted by Gasteiger charge is -2.28. The van der Waals surface area contributed by atoms with Crippen LogP contribution in [0.4, 0.5) is 4.39 Å². The van der Waals surface area contributed by atoms with Crippen LogP contribution < -0.4 is 11.1 Å². The number of rotatable bonds is 2. The molecule has 0 bridgehead atoms. The van der Waals surface area contributed by atoms with Gasteiger partial charge in [-0.25, -0.2) is 4.39 Å². The highest BCUT2D eigenvalue weighted by Crippen LogP contribution is 2.29. The summed E-state index contributed by atoms with van der Waals surface area (Å²) in [6.45, 7) is 1.93. The van der Waals surface area contributed by atoms with E-state index in [9.17, 15) is 4.39 Å². The fraction of sp³-hybridized carbons (Fsp3) is 0.500. The number of piperidine rings is 1. The van der Waals surface area contributed by atoms with Crippen molar-refractivity contribution >= 4 is 24.0 Å². The van der Waals surface area contributed by atoms with Crippen LogP contribution in [0.5, 0.6) is 0 Å². The Kier molecular flexibility index (Phi) is 5.67. The number of nitrogens with one attached hydrogen (secondary N) is 1. The Morgan fingerprint density at radius 3 is 2.59 bits per heavy atom. The first-order valence-electron chi connectivity index (χ1n) is 5.59. The minimum Gasteiger partial charge on any atom is -0.324 e. The van der Waals surface area contributed by atoms with E-state index in [4.69, 9.17) is 17.3 Å². The van der Waals surface area contributed by atoms with E-state index in [-0.39, 0.29) is 24.3 Å². The molecule has 1 heterocycles. The van der Waals surface area contributed by atoms with Crippen molar-refractivity contribution in [3.05, 3.63) is 34.6 Å². The second-order valence-electron chi connectivity index (χ2n) is 4.28. The van der Waals surface area contributed by atoms with Gasteiger partial charge < -0.3 is 11.1 Å². The first-order valence-corrected chi connectivity index (χ1v) is 5.97. The summed E-state index contributed by atoms with van der Waals surface area (Å²) in [5.41, 5.74) is 6.69. The molecule has 0 aliphatic carbocycles. The molecule has 0 radical (unpaired) electrons. The van der Waals surface area contributed by atoms with Gasteiger partial charge >= 0.3 is 0 Å². The molecule has 1 aliphatic rings. The number of benzene rings is 1. The standard InChI is InChI=1S/C12H16ClFN2.ClH/c13-9-1-2-10(11(14)7-9)12(15)8-3-5-16-6-4-8;/h1-2,7-8,12,16H,3-6,15H2;1H/t12-;/m1./s1. The van der Waals surface area contributed by atoms with Crippen LogP contribution in [0.2, 0.25) is 5.02 Å². The predicted octanol–water partition coefficient (Wildman–Crippen LogP) is 2.90. The van der Waals surface area contributed by atoms with E-state index in [0.717, 1.165) is 25.9 Å². The zero-order chi connectivity index (χ0) is 11.5. The van der Waals surface area contributed by atoms with Crippen LogP contribution in [-0.2, 0) is 0 Å². The fourth-order valence-electron chi connectivity index (χ4n) is 2.23. The predicted molar refractivity (Wildman–Crippen MR) is 71.2 cm³/mol. The summed E-state index contributed by atoms with van der Waals surface area (Å²) in [6, 6.07) is 4.50. The van der Waals surface area contributed by atoms with Crippen molar-refractivity contribution in [2.75, 3.05) is 13.1 Å². The quantitative estimate of drug-likeness (QED) is 0.873. The Bertz CT molecular complexity index is 368. The second kappa shape index (κ2) is 6.55. The van der Waals surface area contributed by atoms with E-state index >= 15 is 0 Å². The molecule has 1 aromatic rings. The molecule has 0 spiro atoms. The maximum Gasteiger partial charge on any atom is 0.129 e. The molecule has 17 heavy (non-hydrogen) atoms. The molecule has 0 aromatic heterocycles. The van der Waals surface area contributed by atoms with Gasteiger partial charge in [0.1, 0.15) is 5.82 Å². The molecule has 1 aromatic carbocycles. The number of nitrogens with two attached hydrogens (primary N) is 1. The van der Waals surface area contributed by atoms with Crippen LogP contribution in [0.15, 0.2) is 18.2 Å². The normalized spacial score (nSPS) is 18.5. The summed E-state index contributed by atoms with van der Waals surface area (Å²) >= 11 is 5.72. The molecule has 96 valence electrons. The number of halogens is 3. The Balaban J connectivity index is 0.00000144. The van der Waals surface area contributed by atoms with Crippen molar-refractivity contribution in [1.82, 2.24) is 5.32 Å². The van der Waals surface area contributed by atoms with E-state index in [1.165, 1.54) is 6.07 Å². The highest BCUT2D eigenvalue weighted by atomic mass is 35.5. The molecule has 2 rings (SSSR count). The van der Waals surface area contributed by atoms with Crippen LogP contribution in [0.3, 0.4) is 0 Å². The molecule has 0 amide bonds. The first kappa shape index (κ1) is 14.7. The monoisotopic (exact) mass is 278 g/mol. The molecule has 0 saturated carbocycles. The number of hydrogen-bond donors (Lipinski definition) is 2. The fourth-order valence-corrected chi connectivity index (χ4v) is 2.39. The van der Waals surface area contributed by atoms with E-state index in [1.54, 1.807) is 12.1 Å². The zero-order valence-electron chi connectivity index (χ0n) is 9.46. The van der Waals surface area contributed by atoms with Gasteiger partial charge in [-0.15, -0.1) is 12.4 Å². The number of hydrogen-bond acceptors (Lipinski definition) is 2. The summed E-state index contributed by atoms with van der Waals surface area (Å²) in [5.74, 6) is 0.0652. The minimum absolute atomic E-state index is 0. The molecule has 1 fully saturated rings. The van der Waals surface area contributed by atoms with Crippen molar-refractivity contribution in [2.45, 2.75) is 18.9 Å². The summed E-state index contributed by atoms with van der Waals surface area (Å²) < 4.78 is 13.7. The maximum absolute atomic E-state index is 13.7. The van der Waals surface area contributed by atoms with E-state index in [2.05, 4.69) is 5.32 Å². The molecular formula is C12H17Cl2FN2. The van der Waals surface area contributed by atoms with E-state index in [1.807, 2.05) is 0 Å². The molecule has 2 nitrogen and oxygen atoms in total. The Morgan fingerprint density at radius 1 is 1.35 bits per heavy atom.